The number of rotatable bonds is 4. The second-order valence-corrected chi connectivity index (χ2v) is 4.90. The van der Waals surface area contributed by atoms with E-state index < -0.39 is 7.82 Å². The zero-order valence-electron chi connectivity index (χ0n) is 4.91. The fourth-order valence-corrected chi connectivity index (χ4v) is 0.880. The summed E-state index contributed by atoms with van der Waals surface area (Å²) in [6, 6.07) is 0. The first-order chi connectivity index (χ1) is 4.42. The molecule has 0 aromatic heterocycles. The van der Waals surface area contributed by atoms with Gasteiger partial charge >= 0.3 is 7.82 Å². The molecule has 0 spiro atoms. The Labute approximate surface area is 71.9 Å². The lowest BCUT2D eigenvalue weighted by Gasteiger charge is -2.04. The van der Waals surface area contributed by atoms with Crippen molar-refractivity contribution in [3.8, 4) is 0 Å². The second kappa shape index (κ2) is 4.70. The zero-order chi connectivity index (χ0) is 8.20. The molecule has 0 aliphatic carbocycles. The van der Waals surface area contributed by atoms with E-state index in [-0.39, 0.29) is 10.9 Å². The smallest absolute Gasteiger partial charge is 0.303 e. The van der Waals surface area contributed by atoms with Gasteiger partial charge < -0.3 is 9.79 Å². The minimum Gasteiger partial charge on any atom is -0.303 e. The normalized spacial score (nSPS) is 15.2. The molecule has 0 aromatic carbocycles. The Hall–Kier alpha value is 0.880. The third-order valence-corrected chi connectivity index (χ3v) is 1.79. The van der Waals surface area contributed by atoms with Crippen molar-refractivity contribution in [2.45, 2.75) is 10.7 Å². The highest BCUT2D eigenvalue weighted by Gasteiger charge is 2.13. The fourth-order valence-electron chi connectivity index (χ4n) is 0.261. The molecule has 0 aromatic rings. The highest BCUT2D eigenvalue weighted by atomic mass is 79.9. The van der Waals surface area contributed by atoms with E-state index in [1.54, 1.807) is 0 Å². The summed E-state index contributed by atoms with van der Waals surface area (Å²) in [7, 11) is -4.30. The third-order valence-electron chi connectivity index (χ3n) is 0.596. The predicted molar refractivity (Wildman–Crippen MR) is 41.2 cm³/mol. The lowest BCUT2D eigenvalue weighted by atomic mass is 10.5. The van der Waals surface area contributed by atoms with Crippen LogP contribution in [-0.4, -0.2) is 20.7 Å². The first-order valence-corrected chi connectivity index (χ1v) is 5.28. The van der Waals surface area contributed by atoms with Gasteiger partial charge in [0, 0.05) is 0 Å². The first kappa shape index (κ1) is 10.9. The Morgan fingerprint density at radius 2 is 2.20 bits per heavy atom. The highest BCUT2D eigenvalue weighted by molar-refractivity contribution is 9.10. The van der Waals surface area contributed by atoms with Crippen molar-refractivity contribution >= 4 is 35.4 Å². The van der Waals surface area contributed by atoms with E-state index in [1.807, 2.05) is 0 Å². The molecular weight excluding hydrogens is 246 g/mol. The lowest BCUT2D eigenvalue weighted by Crippen LogP contribution is -1.96. The van der Waals surface area contributed by atoms with Gasteiger partial charge in [0.15, 0.2) is 0 Å². The Kier molecular flexibility index (Phi) is 5.11. The van der Waals surface area contributed by atoms with E-state index in [0.717, 1.165) is 0 Å². The Morgan fingerprint density at radius 1 is 1.70 bits per heavy atom. The van der Waals surface area contributed by atoms with Gasteiger partial charge in [-0.05, 0) is 6.42 Å². The summed E-state index contributed by atoms with van der Waals surface area (Å²) >= 11 is 8.36. The quantitative estimate of drug-likeness (QED) is 0.588. The average Bonchev–Trinajstić information content (AvgIpc) is 1.59. The number of hydrogen-bond acceptors (Lipinski definition) is 2. The molecular formula is C3H7BrClO4P. The summed E-state index contributed by atoms with van der Waals surface area (Å²) < 4.78 is 13.8. The molecule has 1 unspecified atom stereocenters. The van der Waals surface area contributed by atoms with Gasteiger partial charge in [-0.15, -0.1) is 11.6 Å². The zero-order valence-corrected chi connectivity index (χ0v) is 8.14. The van der Waals surface area contributed by atoms with Gasteiger partial charge in [-0.2, -0.15) is 0 Å². The molecule has 0 saturated heterocycles. The number of phosphoric acid groups is 1. The van der Waals surface area contributed by atoms with Gasteiger partial charge in [0.05, 0.1) is 10.9 Å². The summed E-state index contributed by atoms with van der Waals surface area (Å²) in [5.41, 5.74) is 0. The van der Waals surface area contributed by atoms with Gasteiger partial charge in [-0.1, -0.05) is 15.9 Å². The molecule has 0 amide bonds. The average molecular weight is 253 g/mol. The van der Waals surface area contributed by atoms with E-state index in [9.17, 15) is 4.57 Å². The van der Waals surface area contributed by atoms with Crippen LogP contribution in [0, 0.1) is 0 Å². The van der Waals surface area contributed by atoms with Crippen molar-refractivity contribution in [3.05, 3.63) is 0 Å². The third kappa shape index (κ3) is 8.88. The van der Waals surface area contributed by atoms with E-state index in [4.69, 9.17) is 21.4 Å². The van der Waals surface area contributed by atoms with E-state index >= 15 is 0 Å². The van der Waals surface area contributed by atoms with Gasteiger partial charge in [0.1, 0.15) is 0 Å². The van der Waals surface area contributed by atoms with Crippen molar-refractivity contribution in [2.75, 3.05) is 6.61 Å². The van der Waals surface area contributed by atoms with Crippen LogP contribution in [0.1, 0.15) is 6.42 Å². The van der Waals surface area contributed by atoms with Gasteiger partial charge in [-0.25, -0.2) is 4.57 Å². The maximum absolute atomic E-state index is 10.0. The summed E-state index contributed by atoms with van der Waals surface area (Å²) in [6.07, 6.45) is 0.354. The summed E-state index contributed by atoms with van der Waals surface area (Å²) in [5.74, 6) is 0. The lowest BCUT2D eigenvalue weighted by molar-refractivity contribution is 0.197. The second-order valence-electron chi connectivity index (χ2n) is 1.50. The predicted octanol–water partition coefficient (Wildman–Crippen LogP) is 1.45. The minimum atomic E-state index is -4.30. The minimum absolute atomic E-state index is 0.0519. The Balaban J connectivity index is 3.30. The number of hydrogen-bond donors (Lipinski definition) is 2. The molecule has 0 radical (unpaired) electrons. The number of alkyl halides is 2. The highest BCUT2D eigenvalue weighted by Crippen LogP contribution is 2.36. The molecule has 7 heteroatoms. The van der Waals surface area contributed by atoms with Crippen molar-refractivity contribution in [3.63, 3.8) is 0 Å². The Morgan fingerprint density at radius 3 is 2.50 bits per heavy atom. The van der Waals surface area contributed by atoms with Crippen LogP contribution in [0.4, 0.5) is 0 Å². The number of halogens is 2. The van der Waals surface area contributed by atoms with Crippen molar-refractivity contribution < 1.29 is 18.9 Å². The molecule has 0 fully saturated rings. The molecule has 62 valence electrons. The van der Waals surface area contributed by atoms with Crippen molar-refractivity contribution in [1.29, 1.82) is 0 Å². The first-order valence-electron chi connectivity index (χ1n) is 2.40. The van der Waals surface area contributed by atoms with Crippen molar-refractivity contribution in [1.82, 2.24) is 0 Å². The van der Waals surface area contributed by atoms with E-state index in [2.05, 4.69) is 20.5 Å². The molecule has 0 bridgehead atoms. The molecule has 0 saturated carbocycles. The SMILES string of the molecule is O=P(O)(O)OCCC(Cl)Br. The van der Waals surface area contributed by atoms with Crippen LogP contribution in [0.15, 0.2) is 0 Å². The molecule has 0 rings (SSSR count). The van der Waals surface area contributed by atoms with Gasteiger partial charge in [0.2, 0.25) is 0 Å². The largest absolute Gasteiger partial charge is 0.469 e. The van der Waals surface area contributed by atoms with Crippen LogP contribution in [0.25, 0.3) is 0 Å². The molecule has 10 heavy (non-hydrogen) atoms. The number of phosphoric ester groups is 1. The maximum Gasteiger partial charge on any atom is 0.469 e. The van der Waals surface area contributed by atoms with Gasteiger partial charge in [-0.3, -0.25) is 4.52 Å². The van der Waals surface area contributed by atoms with Crippen LogP contribution in [0.5, 0.6) is 0 Å². The van der Waals surface area contributed by atoms with Crippen LogP contribution in [0.3, 0.4) is 0 Å². The van der Waals surface area contributed by atoms with E-state index in [1.165, 1.54) is 0 Å². The molecule has 0 heterocycles. The summed E-state index contributed by atoms with van der Waals surface area (Å²) in [6.45, 7) is -0.0519. The molecule has 1 atom stereocenters. The summed E-state index contributed by atoms with van der Waals surface area (Å²) in [4.78, 5) is 16.3. The van der Waals surface area contributed by atoms with Crippen molar-refractivity contribution in [2.24, 2.45) is 0 Å². The van der Waals surface area contributed by atoms with Crippen LogP contribution in [0.2, 0.25) is 0 Å². The van der Waals surface area contributed by atoms with Gasteiger partial charge in [0.25, 0.3) is 0 Å². The molecule has 0 aliphatic rings. The summed E-state index contributed by atoms with van der Waals surface area (Å²) in [5, 5.41) is 0. The Bertz CT molecular complexity index is 134. The maximum atomic E-state index is 10.0. The monoisotopic (exact) mass is 252 g/mol. The standard InChI is InChI=1S/C3H7BrClO4P/c4-3(5)1-2-9-10(6,7)8/h3H,1-2H2,(H2,6,7,8). The van der Waals surface area contributed by atoms with E-state index in [0.29, 0.717) is 6.42 Å². The molecule has 4 nitrogen and oxygen atoms in total. The molecule has 0 aliphatic heterocycles. The van der Waals surface area contributed by atoms with Crippen LogP contribution < -0.4 is 0 Å². The fraction of sp³-hybridized carbons (Fsp3) is 1.00. The van der Waals surface area contributed by atoms with Crippen LogP contribution in [-0.2, 0) is 9.09 Å². The topological polar surface area (TPSA) is 66.8 Å². The molecule has 2 N–H and O–H groups in total. The van der Waals surface area contributed by atoms with Crippen LogP contribution >= 0.6 is 35.4 Å².